The summed E-state index contributed by atoms with van der Waals surface area (Å²) in [5.41, 5.74) is -0.417. The van der Waals surface area contributed by atoms with E-state index in [1.54, 1.807) is 6.92 Å². The number of rotatable bonds is 4. The molecule has 2 aliphatic rings. The zero-order valence-electron chi connectivity index (χ0n) is 15.1. The van der Waals surface area contributed by atoms with Gasteiger partial charge in [-0.05, 0) is 25.5 Å². The molecule has 4 rings (SSSR count). The number of ether oxygens (including phenoxy) is 1. The van der Waals surface area contributed by atoms with Gasteiger partial charge in [0, 0.05) is 31.7 Å². The van der Waals surface area contributed by atoms with Crippen molar-refractivity contribution in [2.24, 2.45) is 0 Å². The minimum absolute atomic E-state index is 0.0364. The van der Waals surface area contributed by atoms with Crippen molar-refractivity contribution in [2.45, 2.75) is 31.6 Å². The van der Waals surface area contributed by atoms with Crippen LogP contribution in [0.25, 0.3) is 0 Å². The van der Waals surface area contributed by atoms with E-state index in [9.17, 15) is 18.0 Å². The molecule has 148 valence electrons. The van der Waals surface area contributed by atoms with Crippen molar-refractivity contribution < 1.29 is 22.7 Å². The molecule has 2 unspecified atom stereocenters. The molecule has 2 fully saturated rings. The van der Waals surface area contributed by atoms with Crippen LogP contribution in [0.3, 0.4) is 0 Å². The van der Waals surface area contributed by atoms with Crippen molar-refractivity contribution in [1.29, 1.82) is 0 Å². The van der Waals surface area contributed by atoms with Crippen LogP contribution in [0.2, 0.25) is 0 Å². The van der Waals surface area contributed by atoms with E-state index < -0.39 is 17.7 Å². The van der Waals surface area contributed by atoms with Crippen molar-refractivity contribution in [1.82, 2.24) is 15.0 Å². The fraction of sp³-hybridized carbons (Fsp3) is 0.444. The Labute approximate surface area is 159 Å². The van der Waals surface area contributed by atoms with Crippen LogP contribution in [-0.2, 0) is 10.9 Å². The van der Waals surface area contributed by atoms with E-state index in [4.69, 9.17) is 4.74 Å². The van der Waals surface area contributed by atoms with Gasteiger partial charge in [-0.25, -0.2) is 19.7 Å². The van der Waals surface area contributed by atoms with Gasteiger partial charge in [-0.1, -0.05) is 0 Å². The van der Waals surface area contributed by atoms with E-state index in [0.29, 0.717) is 24.9 Å². The average molecular weight is 393 g/mol. The molecular formula is C18H18F3N5O2. The molecular weight excluding hydrogens is 375 g/mol. The first-order valence-corrected chi connectivity index (χ1v) is 8.92. The van der Waals surface area contributed by atoms with E-state index in [1.807, 2.05) is 9.80 Å². The number of nitrogens with zero attached hydrogens (tertiary/aromatic N) is 5. The van der Waals surface area contributed by atoms with Crippen LogP contribution in [0.15, 0.2) is 30.7 Å². The van der Waals surface area contributed by atoms with Gasteiger partial charge in [-0.2, -0.15) is 13.2 Å². The Bertz CT molecular complexity index is 874. The lowest BCUT2D eigenvalue weighted by Gasteiger charge is -2.35. The van der Waals surface area contributed by atoms with Crippen molar-refractivity contribution >= 4 is 17.7 Å². The highest BCUT2D eigenvalue weighted by molar-refractivity contribution is 5.88. The van der Waals surface area contributed by atoms with Crippen LogP contribution in [-0.4, -0.2) is 52.7 Å². The van der Waals surface area contributed by atoms with E-state index in [2.05, 4.69) is 15.0 Å². The Kier molecular flexibility index (Phi) is 4.56. The quantitative estimate of drug-likeness (QED) is 0.740. The number of piperazine rings is 1. The largest absolute Gasteiger partial charge is 0.462 e. The maximum absolute atomic E-state index is 13.0. The highest BCUT2D eigenvalue weighted by atomic mass is 19.4. The van der Waals surface area contributed by atoms with E-state index in [1.165, 1.54) is 18.6 Å². The molecule has 28 heavy (non-hydrogen) atoms. The Morgan fingerprint density at radius 3 is 2.46 bits per heavy atom. The first kappa shape index (κ1) is 18.5. The molecule has 0 radical (unpaired) electrons. The van der Waals surface area contributed by atoms with Crippen molar-refractivity contribution in [3.8, 4) is 0 Å². The molecule has 0 N–H and O–H groups in total. The minimum Gasteiger partial charge on any atom is -0.462 e. The van der Waals surface area contributed by atoms with Crippen LogP contribution >= 0.6 is 0 Å². The van der Waals surface area contributed by atoms with Crippen molar-refractivity contribution in [3.05, 3.63) is 41.9 Å². The van der Waals surface area contributed by atoms with E-state index in [-0.39, 0.29) is 24.3 Å². The first-order valence-electron chi connectivity index (χ1n) is 8.92. The normalized spacial score (nSPS) is 21.3. The van der Waals surface area contributed by atoms with Crippen LogP contribution in [0.1, 0.15) is 29.3 Å². The molecule has 7 nitrogen and oxygen atoms in total. The second kappa shape index (κ2) is 6.92. The van der Waals surface area contributed by atoms with Gasteiger partial charge >= 0.3 is 12.1 Å². The number of fused-ring (bicyclic) bond motifs is 2. The molecule has 2 aliphatic heterocycles. The Hall–Kier alpha value is -2.91. The molecule has 0 aromatic carbocycles. The minimum atomic E-state index is -4.39. The predicted octanol–water partition coefficient (Wildman–Crippen LogP) is 2.53. The van der Waals surface area contributed by atoms with Gasteiger partial charge in [-0.15, -0.1) is 0 Å². The zero-order valence-corrected chi connectivity index (χ0v) is 15.1. The molecule has 0 spiro atoms. The Morgan fingerprint density at radius 2 is 1.86 bits per heavy atom. The number of hydrogen-bond acceptors (Lipinski definition) is 7. The van der Waals surface area contributed by atoms with Gasteiger partial charge in [-0.3, -0.25) is 0 Å². The summed E-state index contributed by atoms with van der Waals surface area (Å²) < 4.78 is 43.8. The molecule has 2 saturated heterocycles. The van der Waals surface area contributed by atoms with E-state index >= 15 is 0 Å². The maximum Gasteiger partial charge on any atom is 0.416 e. The number of pyridine rings is 1. The van der Waals surface area contributed by atoms with Gasteiger partial charge in [0.2, 0.25) is 5.95 Å². The van der Waals surface area contributed by atoms with Crippen molar-refractivity contribution in [2.75, 3.05) is 29.5 Å². The molecule has 2 aromatic heterocycles. The SMILES string of the molecule is CCOC(=O)c1cnc(N2CC3CC2CN3c2cc(C(F)(F)F)ccn2)nc1. The number of esters is 1. The summed E-state index contributed by atoms with van der Waals surface area (Å²) in [5.74, 6) is 0.358. The monoisotopic (exact) mass is 393 g/mol. The standard InChI is InChI=1S/C18H18F3N5O2/c1-2-28-16(27)11-7-23-17(24-8-11)26-10-13-6-14(26)9-25(13)15-5-12(3-4-22-15)18(19,20)21/h3-5,7-8,13-14H,2,6,9-10H2,1H3. The molecule has 10 heteroatoms. The molecule has 0 amide bonds. The number of halogens is 3. The Morgan fingerprint density at radius 1 is 1.18 bits per heavy atom. The molecule has 0 aliphatic carbocycles. The number of aromatic nitrogens is 3. The predicted molar refractivity (Wildman–Crippen MR) is 94.1 cm³/mol. The molecule has 4 heterocycles. The molecule has 2 bridgehead atoms. The number of carbonyl (C=O) groups is 1. The third kappa shape index (κ3) is 3.34. The van der Waals surface area contributed by atoms with Gasteiger partial charge in [0.15, 0.2) is 0 Å². The van der Waals surface area contributed by atoms with Crippen LogP contribution < -0.4 is 9.80 Å². The third-order valence-electron chi connectivity index (χ3n) is 5.01. The van der Waals surface area contributed by atoms with E-state index in [0.717, 1.165) is 18.6 Å². The van der Waals surface area contributed by atoms with Crippen molar-refractivity contribution in [3.63, 3.8) is 0 Å². The highest BCUT2D eigenvalue weighted by Gasteiger charge is 2.45. The lowest BCUT2D eigenvalue weighted by atomic mass is 10.2. The maximum atomic E-state index is 13.0. The summed E-state index contributed by atoms with van der Waals surface area (Å²) in [6.07, 6.45) is 0.452. The lowest BCUT2D eigenvalue weighted by Crippen LogP contribution is -2.47. The van der Waals surface area contributed by atoms with Crippen LogP contribution in [0.4, 0.5) is 24.9 Å². The summed E-state index contributed by atoms with van der Waals surface area (Å²) in [6, 6.07) is 2.18. The molecule has 2 atom stereocenters. The second-order valence-electron chi connectivity index (χ2n) is 6.74. The van der Waals surface area contributed by atoms with Gasteiger partial charge < -0.3 is 14.5 Å². The Balaban J connectivity index is 1.47. The fourth-order valence-electron chi connectivity index (χ4n) is 3.73. The third-order valence-corrected chi connectivity index (χ3v) is 5.01. The summed E-state index contributed by atoms with van der Waals surface area (Å²) in [7, 11) is 0. The summed E-state index contributed by atoms with van der Waals surface area (Å²) in [4.78, 5) is 28.3. The lowest BCUT2D eigenvalue weighted by molar-refractivity contribution is -0.137. The smallest absolute Gasteiger partial charge is 0.416 e. The van der Waals surface area contributed by atoms with Gasteiger partial charge in [0.1, 0.15) is 5.82 Å². The van der Waals surface area contributed by atoms with Crippen LogP contribution in [0, 0.1) is 0 Å². The number of anilines is 2. The zero-order chi connectivity index (χ0) is 19.9. The summed E-state index contributed by atoms with van der Waals surface area (Å²) >= 11 is 0. The summed E-state index contributed by atoms with van der Waals surface area (Å²) in [5, 5.41) is 0. The number of alkyl halides is 3. The topological polar surface area (TPSA) is 71.5 Å². The van der Waals surface area contributed by atoms with Gasteiger partial charge in [0.25, 0.3) is 0 Å². The average Bonchev–Trinajstić information content (AvgIpc) is 3.29. The highest BCUT2D eigenvalue weighted by Crippen LogP contribution is 2.37. The first-order chi connectivity index (χ1) is 13.4. The number of carbonyl (C=O) groups excluding carboxylic acids is 1. The molecule has 2 aromatic rings. The second-order valence-corrected chi connectivity index (χ2v) is 6.74. The summed E-state index contributed by atoms with van der Waals surface area (Å²) in [6.45, 7) is 3.12. The van der Waals surface area contributed by atoms with Crippen LogP contribution in [0.5, 0.6) is 0 Å². The van der Waals surface area contributed by atoms with Gasteiger partial charge in [0.05, 0.1) is 29.8 Å². The molecule has 0 saturated carbocycles. The number of hydrogen-bond donors (Lipinski definition) is 0. The fourth-order valence-corrected chi connectivity index (χ4v) is 3.73.